The standard InChI is InChI=1S/C13H18N2/c1-14-8-7-13(9-14)10-15(2)12-6-4-3-5-11(12)13/h3-6H,7-10H2,1-2H3. The number of rotatable bonds is 0. The Labute approximate surface area is 91.5 Å². The minimum absolute atomic E-state index is 0.417. The molecule has 1 fully saturated rings. The van der Waals surface area contributed by atoms with Crippen LogP contribution in [0.1, 0.15) is 12.0 Å². The number of fused-ring (bicyclic) bond motifs is 2. The van der Waals surface area contributed by atoms with Crippen molar-refractivity contribution in [2.24, 2.45) is 0 Å². The minimum Gasteiger partial charge on any atom is -0.373 e. The first kappa shape index (κ1) is 9.22. The summed E-state index contributed by atoms with van der Waals surface area (Å²) in [5.41, 5.74) is 3.42. The van der Waals surface area contributed by atoms with Gasteiger partial charge < -0.3 is 9.80 Å². The zero-order valence-electron chi connectivity index (χ0n) is 9.53. The monoisotopic (exact) mass is 202 g/mol. The van der Waals surface area contributed by atoms with Gasteiger partial charge in [-0.25, -0.2) is 0 Å². The molecule has 0 amide bonds. The summed E-state index contributed by atoms with van der Waals surface area (Å²) in [5.74, 6) is 0. The number of nitrogens with zero attached hydrogens (tertiary/aromatic N) is 2. The molecule has 1 saturated heterocycles. The first-order valence-corrected chi connectivity index (χ1v) is 5.70. The Kier molecular flexibility index (Phi) is 1.84. The average Bonchev–Trinajstić information content (AvgIpc) is 2.72. The largest absolute Gasteiger partial charge is 0.373 e. The van der Waals surface area contributed by atoms with Gasteiger partial charge in [0.25, 0.3) is 0 Å². The predicted octanol–water partition coefficient (Wildman–Crippen LogP) is 1.71. The quantitative estimate of drug-likeness (QED) is 0.632. The van der Waals surface area contributed by atoms with Gasteiger partial charge in [0.15, 0.2) is 0 Å². The smallest absolute Gasteiger partial charge is 0.0403 e. The van der Waals surface area contributed by atoms with E-state index >= 15 is 0 Å². The van der Waals surface area contributed by atoms with E-state index in [-0.39, 0.29) is 0 Å². The van der Waals surface area contributed by atoms with Crippen molar-refractivity contribution in [2.45, 2.75) is 11.8 Å². The maximum absolute atomic E-state index is 2.45. The van der Waals surface area contributed by atoms with Crippen LogP contribution in [0.4, 0.5) is 5.69 Å². The van der Waals surface area contributed by atoms with Crippen molar-refractivity contribution < 1.29 is 0 Å². The van der Waals surface area contributed by atoms with Crippen LogP contribution in [0.3, 0.4) is 0 Å². The van der Waals surface area contributed by atoms with E-state index in [1.165, 1.54) is 31.7 Å². The summed E-state index contributed by atoms with van der Waals surface area (Å²) in [6.45, 7) is 3.65. The molecule has 2 heterocycles. The molecular formula is C13H18N2. The summed E-state index contributed by atoms with van der Waals surface area (Å²) in [5, 5.41) is 0. The molecule has 1 atom stereocenters. The zero-order valence-corrected chi connectivity index (χ0v) is 9.53. The number of anilines is 1. The summed E-state index contributed by atoms with van der Waals surface area (Å²) in [4.78, 5) is 4.87. The van der Waals surface area contributed by atoms with E-state index in [0.29, 0.717) is 5.41 Å². The van der Waals surface area contributed by atoms with Crippen LogP contribution in [0.25, 0.3) is 0 Å². The molecule has 0 saturated carbocycles. The number of para-hydroxylation sites is 1. The van der Waals surface area contributed by atoms with Crippen LogP contribution >= 0.6 is 0 Å². The zero-order chi connectivity index (χ0) is 10.5. The SMILES string of the molecule is CN1CCC2(C1)CN(C)c1ccccc12. The summed E-state index contributed by atoms with van der Waals surface area (Å²) in [7, 11) is 4.45. The van der Waals surface area contributed by atoms with Crippen LogP contribution in [-0.2, 0) is 5.41 Å². The first-order chi connectivity index (χ1) is 7.21. The van der Waals surface area contributed by atoms with Crippen molar-refractivity contribution in [1.29, 1.82) is 0 Å². The Hall–Kier alpha value is -1.02. The van der Waals surface area contributed by atoms with Crippen molar-refractivity contribution in [1.82, 2.24) is 4.90 Å². The molecule has 0 aromatic heterocycles. The molecule has 1 unspecified atom stereocenters. The van der Waals surface area contributed by atoms with Gasteiger partial charge in [-0.1, -0.05) is 18.2 Å². The highest BCUT2D eigenvalue weighted by atomic mass is 15.2. The molecule has 0 radical (unpaired) electrons. The summed E-state index contributed by atoms with van der Waals surface area (Å²) in [6, 6.07) is 8.89. The average molecular weight is 202 g/mol. The van der Waals surface area contributed by atoms with Crippen LogP contribution in [-0.4, -0.2) is 38.6 Å². The van der Waals surface area contributed by atoms with Crippen LogP contribution in [0.15, 0.2) is 24.3 Å². The number of hydrogen-bond acceptors (Lipinski definition) is 2. The second-order valence-corrected chi connectivity index (χ2v) is 5.14. The topological polar surface area (TPSA) is 6.48 Å². The molecule has 15 heavy (non-hydrogen) atoms. The highest BCUT2D eigenvalue weighted by Gasteiger charge is 2.44. The van der Waals surface area contributed by atoms with Gasteiger partial charge in [0.05, 0.1) is 0 Å². The Morgan fingerprint density at radius 1 is 1.13 bits per heavy atom. The molecular weight excluding hydrogens is 184 g/mol. The van der Waals surface area contributed by atoms with Gasteiger partial charge >= 0.3 is 0 Å². The van der Waals surface area contributed by atoms with Gasteiger partial charge in [-0.3, -0.25) is 0 Å². The Morgan fingerprint density at radius 2 is 1.93 bits per heavy atom. The van der Waals surface area contributed by atoms with Crippen LogP contribution in [0.2, 0.25) is 0 Å². The van der Waals surface area contributed by atoms with Crippen molar-refractivity contribution in [2.75, 3.05) is 38.6 Å². The highest BCUT2D eigenvalue weighted by Crippen LogP contribution is 2.44. The third-order valence-electron chi connectivity index (χ3n) is 3.97. The fourth-order valence-corrected chi connectivity index (χ4v) is 3.31. The van der Waals surface area contributed by atoms with E-state index in [1.54, 1.807) is 5.56 Å². The molecule has 2 heteroatoms. The molecule has 2 nitrogen and oxygen atoms in total. The highest BCUT2D eigenvalue weighted by molar-refractivity contribution is 5.62. The van der Waals surface area contributed by atoms with E-state index in [0.717, 1.165) is 0 Å². The lowest BCUT2D eigenvalue weighted by Crippen LogP contribution is -2.34. The number of hydrogen-bond donors (Lipinski definition) is 0. The summed E-state index contributed by atoms with van der Waals surface area (Å²) in [6.07, 6.45) is 1.31. The van der Waals surface area contributed by atoms with Crippen LogP contribution in [0, 0.1) is 0 Å². The second-order valence-electron chi connectivity index (χ2n) is 5.14. The Bertz CT molecular complexity index is 388. The molecule has 0 bridgehead atoms. The number of likely N-dealkylation sites (tertiary alicyclic amines) is 1. The lowest BCUT2D eigenvalue weighted by Gasteiger charge is -2.24. The maximum atomic E-state index is 2.45. The van der Waals surface area contributed by atoms with E-state index in [1.807, 2.05) is 0 Å². The van der Waals surface area contributed by atoms with E-state index in [9.17, 15) is 0 Å². The third kappa shape index (κ3) is 1.21. The van der Waals surface area contributed by atoms with Crippen molar-refractivity contribution in [3.63, 3.8) is 0 Å². The summed E-state index contributed by atoms with van der Waals surface area (Å²) < 4.78 is 0. The molecule has 2 aliphatic heterocycles. The molecule has 0 N–H and O–H groups in total. The van der Waals surface area contributed by atoms with Gasteiger partial charge in [0.1, 0.15) is 0 Å². The van der Waals surface area contributed by atoms with Gasteiger partial charge in [0, 0.05) is 31.2 Å². The second kappa shape index (κ2) is 2.99. The molecule has 0 aliphatic carbocycles. The third-order valence-corrected chi connectivity index (χ3v) is 3.97. The minimum atomic E-state index is 0.417. The lowest BCUT2D eigenvalue weighted by molar-refractivity contribution is 0.378. The van der Waals surface area contributed by atoms with Gasteiger partial charge in [-0.15, -0.1) is 0 Å². The number of likely N-dealkylation sites (N-methyl/N-ethyl adjacent to an activating group) is 2. The van der Waals surface area contributed by atoms with Crippen LogP contribution < -0.4 is 4.90 Å². The normalized spacial score (nSPS) is 30.1. The molecule has 3 rings (SSSR count). The molecule has 1 spiro atoms. The van der Waals surface area contributed by atoms with Gasteiger partial charge in [-0.2, -0.15) is 0 Å². The predicted molar refractivity (Wildman–Crippen MR) is 63.5 cm³/mol. The molecule has 80 valence electrons. The van der Waals surface area contributed by atoms with Crippen molar-refractivity contribution in [3.05, 3.63) is 29.8 Å². The maximum Gasteiger partial charge on any atom is 0.0403 e. The summed E-state index contributed by atoms with van der Waals surface area (Å²) >= 11 is 0. The Morgan fingerprint density at radius 3 is 2.67 bits per heavy atom. The molecule has 2 aliphatic rings. The van der Waals surface area contributed by atoms with E-state index < -0.39 is 0 Å². The lowest BCUT2D eigenvalue weighted by atomic mass is 9.82. The fourth-order valence-electron chi connectivity index (χ4n) is 3.31. The fraction of sp³-hybridized carbons (Fsp3) is 0.538. The Balaban J connectivity index is 2.08. The van der Waals surface area contributed by atoms with Crippen LogP contribution in [0.5, 0.6) is 0 Å². The van der Waals surface area contributed by atoms with Gasteiger partial charge in [-0.05, 0) is 31.6 Å². The van der Waals surface area contributed by atoms with E-state index in [2.05, 4.69) is 48.2 Å². The molecule has 1 aromatic carbocycles. The van der Waals surface area contributed by atoms with Crippen molar-refractivity contribution >= 4 is 5.69 Å². The number of benzene rings is 1. The van der Waals surface area contributed by atoms with E-state index in [4.69, 9.17) is 0 Å². The van der Waals surface area contributed by atoms with Gasteiger partial charge in [0.2, 0.25) is 0 Å². The molecule has 1 aromatic rings. The first-order valence-electron chi connectivity index (χ1n) is 5.70. The van der Waals surface area contributed by atoms with Crippen molar-refractivity contribution in [3.8, 4) is 0 Å².